The number of ether oxygens (including phenoxy) is 1. The zero-order chi connectivity index (χ0) is 22.9. The van der Waals surface area contributed by atoms with Gasteiger partial charge in [0.15, 0.2) is 0 Å². The van der Waals surface area contributed by atoms with Crippen LogP contribution in [0.4, 0.5) is 0 Å². The van der Waals surface area contributed by atoms with Gasteiger partial charge in [0, 0.05) is 17.0 Å². The lowest BCUT2D eigenvalue weighted by Gasteiger charge is -2.36. The SMILES string of the molecule is Cc1c(Cl)cccc1S(=O)(=O)NC(=O)c1ccc2c(c1)CC[C@@](C)(Cc1ccccc1)O2. The maximum absolute atomic E-state index is 12.7. The first-order valence-corrected chi connectivity index (χ1v) is 12.2. The Kier molecular flexibility index (Phi) is 6.01. The van der Waals surface area contributed by atoms with Crippen molar-refractivity contribution in [3.63, 3.8) is 0 Å². The highest BCUT2D eigenvalue weighted by Crippen LogP contribution is 2.36. The molecule has 0 unspecified atom stereocenters. The fourth-order valence-electron chi connectivity index (χ4n) is 4.00. The number of hydrogen-bond acceptors (Lipinski definition) is 4. The van der Waals surface area contributed by atoms with Crippen molar-refractivity contribution in [3.05, 3.63) is 94.0 Å². The number of fused-ring (bicyclic) bond motifs is 1. The number of halogens is 1. The second-order valence-corrected chi connectivity index (χ2v) is 10.4. The van der Waals surface area contributed by atoms with E-state index in [2.05, 4.69) is 23.8 Å². The second kappa shape index (κ2) is 8.60. The van der Waals surface area contributed by atoms with Gasteiger partial charge >= 0.3 is 0 Å². The molecule has 1 aliphatic heterocycles. The van der Waals surface area contributed by atoms with Crippen LogP contribution in [-0.4, -0.2) is 19.9 Å². The Morgan fingerprint density at radius 2 is 1.84 bits per heavy atom. The normalized spacial score (nSPS) is 17.8. The van der Waals surface area contributed by atoms with Crippen molar-refractivity contribution in [2.45, 2.75) is 43.6 Å². The van der Waals surface area contributed by atoms with Crippen molar-refractivity contribution in [3.8, 4) is 5.75 Å². The van der Waals surface area contributed by atoms with Crippen molar-refractivity contribution >= 4 is 27.5 Å². The highest BCUT2D eigenvalue weighted by Gasteiger charge is 2.32. The largest absolute Gasteiger partial charge is 0.487 e. The maximum Gasteiger partial charge on any atom is 0.265 e. The molecule has 166 valence electrons. The van der Waals surface area contributed by atoms with E-state index in [1.807, 2.05) is 18.2 Å². The minimum atomic E-state index is -4.05. The predicted octanol–water partition coefficient (Wildman–Crippen LogP) is 5.09. The van der Waals surface area contributed by atoms with E-state index < -0.39 is 15.9 Å². The molecule has 0 aliphatic carbocycles. The Hall–Kier alpha value is -2.83. The Bertz CT molecular complexity index is 1270. The highest BCUT2D eigenvalue weighted by atomic mass is 35.5. The van der Waals surface area contributed by atoms with Crippen LogP contribution in [0.3, 0.4) is 0 Å². The van der Waals surface area contributed by atoms with Crippen molar-refractivity contribution in [1.82, 2.24) is 4.72 Å². The third-order valence-corrected chi connectivity index (χ3v) is 7.64. The number of benzene rings is 3. The van der Waals surface area contributed by atoms with Gasteiger partial charge < -0.3 is 4.74 Å². The molecule has 0 aromatic heterocycles. The number of carbonyl (C=O) groups excluding carboxylic acids is 1. The summed E-state index contributed by atoms with van der Waals surface area (Å²) < 4.78 is 33.9. The van der Waals surface area contributed by atoms with Crippen LogP contribution < -0.4 is 9.46 Å². The highest BCUT2D eigenvalue weighted by molar-refractivity contribution is 7.90. The smallest absolute Gasteiger partial charge is 0.265 e. The Labute approximate surface area is 193 Å². The fraction of sp³-hybridized carbons (Fsp3) is 0.240. The summed E-state index contributed by atoms with van der Waals surface area (Å²) in [4.78, 5) is 12.7. The van der Waals surface area contributed by atoms with E-state index in [9.17, 15) is 13.2 Å². The first kappa shape index (κ1) is 22.4. The number of aryl methyl sites for hydroxylation is 1. The van der Waals surface area contributed by atoms with Crippen LogP contribution in [-0.2, 0) is 22.9 Å². The van der Waals surface area contributed by atoms with Crippen LogP contribution in [0.2, 0.25) is 5.02 Å². The Balaban J connectivity index is 1.51. The third kappa shape index (κ3) is 4.66. The van der Waals surface area contributed by atoms with Crippen LogP contribution in [0.25, 0.3) is 0 Å². The molecule has 1 amide bonds. The summed E-state index contributed by atoms with van der Waals surface area (Å²) in [6, 6.07) is 19.8. The average Bonchev–Trinajstić information content (AvgIpc) is 2.75. The number of amides is 1. The second-order valence-electron chi connectivity index (χ2n) is 8.33. The molecule has 0 radical (unpaired) electrons. The summed E-state index contributed by atoms with van der Waals surface area (Å²) in [7, 11) is -4.05. The quantitative estimate of drug-likeness (QED) is 0.564. The van der Waals surface area contributed by atoms with Gasteiger partial charge in [-0.05, 0) is 73.7 Å². The van der Waals surface area contributed by atoms with Crippen LogP contribution >= 0.6 is 11.6 Å². The standard InChI is InChI=1S/C25H24ClNO4S/c1-17-21(26)9-6-10-23(17)32(29,30)27-24(28)20-11-12-22-19(15-20)13-14-25(2,31-22)16-18-7-4-3-5-8-18/h3-12,15H,13-14,16H2,1-2H3,(H,27,28)/t25-/m0/s1. The Morgan fingerprint density at radius 1 is 1.09 bits per heavy atom. The molecule has 0 fully saturated rings. The molecule has 0 saturated heterocycles. The van der Waals surface area contributed by atoms with E-state index in [1.54, 1.807) is 31.2 Å². The lowest BCUT2D eigenvalue weighted by Crippen LogP contribution is -2.38. The zero-order valence-corrected chi connectivity index (χ0v) is 19.5. The predicted molar refractivity (Wildman–Crippen MR) is 125 cm³/mol. The molecule has 3 aromatic carbocycles. The van der Waals surface area contributed by atoms with Gasteiger partial charge in [-0.2, -0.15) is 0 Å². The average molecular weight is 470 g/mol. The van der Waals surface area contributed by atoms with Crippen molar-refractivity contribution in [2.24, 2.45) is 0 Å². The zero-order valence-electron chi connectivity index (χ0n) is 17.9. The number of carbonyl (C=O) groups is 1. The molecule has 0 spiro atoms. The topological polar surface area (TPSA) is 72.5 Å². The monoisotopic (exact) mass is 469 g/mol. The number of rotatable bonds is 5. The molecular formula is C25H24ClNO4S. The van der Waals surface area contributed by atoms with Crippen molar-refractivity contribution < 1.29 is 17.9 Å². The molecule has 1 heterocycles. The molecule has 1 N–H and O–H groups in total. The molecule has 1 aliphatic rings. The molecule has 0 saturated carbocycles. The van der Waals surface area contributed by atoms with Crippen LogP contribution in [0, 0.1) is 6.92 Å². The van der Waals surface area contributed by atoms with Crippen molar-refractivity contribution in [2.75, 3.05) is 0 Å². The van der Waals surface area contributed by atoms with Gasteiger partial charge in [0.25, 0.3) is 15.9 Å². The number of hydrogen-bond donors (Lipinski definition) is 1. The number of nitrogens with one attached hydrogen (secondary N) is 1. The van der Waals surface area contributed by atoms with Gasteiger partial charge in [-0.15, -0.1) is 0 Å². The summed E-state index contributed by atoms with van der Waals surface area (Å²) in [6.45, 7) is 3.69. The Morgan fingerprint density at radius 3 is 2.59 bits per heavy atom. The lowest BCUT2D eigenvalue weighted by atomic mass is 9.87. The van der Waals surface area contributed by atoms with Gasteiger partial charge in [0.2, 0.25) is 0 Å². The maximum atomic E-state index is 12.7. The molecule has 3 aromatic rings. The van der Waals surface area contributed by atoms with Gasteiger partial charge in [-0.25, -0.2) is 13.1 Å². The van der Waals surface area contributed by atoms with E-state index in [4.69, 9.17) is 16.3 Å². The molecule has 5 nitrogen and oxygen atoms in total. The van der Waals surface area contributed by atoms with E-state index in [0.29, 0.717) is 10.6 Å². The van der Waals surface area contributed by atoms with E-state index >= 15 is 0 Å². The molecule has 1 atom stereocenters. The van der Waals surface area contributed by atoms with E-state index in [0.717, 1.165) is 30.6 Å². The fourth-order valence-corrected chi connectivity index (χ4v) is 5.47. The minimum Gasteiger partial charge on any atom is -0.487 e. The summed E-state index contributed by atoms with van der Waals surface area (Å²) in [5.74, 6) is 0.0320. The lowest BCUT2D eigenvalue weighted by molar-refractivity contribution is 0.0654. The third-order valence-electron chi connectivity index (χ3n) is 5.76. The summed E-state index contributed by atoms with van der Waals surface area (Å²) in [5.41, 5.74) is 2.41. The van der Waals surface area contributed by atoms with E-state index in [-0.39, 0.29) is 16.1 Å². The van der Waals surface area contributed by atoms with E-state index in [1.165, 1.54) is 17.7 Å². The molecule has 32 heavy (non-hydrogen) atoms. The summed E-state index contributed by atoms with van der Waals surface area (Å²) >= 11 is 6.04. The number of sulfonamides is 1. The minimum absolute atomic E-state index is 0.0173. The van der Waals surface area contributed by atoms with Crippen LogP contribution in [0.5, 0.6) is 5.75 Å². The molecule has 4 rings (SSSR count). The van der Waals surface area contributed by atoms with Crippen molar-refractivity contribution in [1.29, 1.82) is 0 Å². The first-order valence-electron chi connectivity index (χ1n) is 10.3. The van der Waals surface area contributed by atoms with Gasteiger partial charge in [0.05, 0.1) is 4.90 Å². The van der Waals surface area contributed by atoms with Crippen LogP contribution in [0.15, 0.2) is 71.6 Å². The molecule has 0 bridgehead atoms. The van der Waals surface area contributed by atoms with Gasteiger partial charge in [-0.1, -0.05) is 48.0 Å². The summed E-state index contributed by atoms with van der Waals surface area (Å²) in [5, 5.41) is 0.324. The summed E-state index contributed by atoms with van der Waals surface area (Å²) in [6.07, 6.45) is 2.31. The van der Waals surface area contributed by atoms with Gasteiger partial charge in [0.1, 0.15) is 11.4 Å². The van der Waals surface area contributed by atoms with Crippen LogP contribution in [0.1, 0.15) is 40.4 Å². The molecule has 7 heteroatoms. The molecular weight excluding hydrogens is 446 g/mol. The van der Waals surface area contributed by atoms with Gasteiger partial charge in [-0.3, -0.25) is 4.79 Å². The first-order chi connectivity index (χ1) is 15.2.